The van der Waals surface area contributed by atoms with Crippen LogP contribution in [0.25, 0.3) is 0 Å². The van der Waals surface area contributed by atoms with Gasteiger partial charge in [-0.25, -0.2) is 0 Å². The van der Waals surface area contributed by atoms with Crippen molar-refractivity contribution in [3.63, 3.8) is 0 Å². The Morgan fingerprint density at radius 2 is 1.93 bits per heavy atom. The van der Waals surface area contributed by atoms with Crippen molar-refractivity contribution in [2.24, 2.45) is 0 Å². The fourth-order valence-corrected chi connectivity index (χ4v) is 4.40. The minimum atomic E-state index is -4.53. The number of aromatic nitrogens is 2. The van der Waals surface area contributed by atoms with Crippen LogP contribution in [0.1, 0.15) is 18.1 Å². The number of halogens is 4. The van der Waals surface area contributed by atoms with Crippen LogP contribution in [0.5, 0.6) is 0 Å². The first-order chi connectivity index (χ1) is 14.2. The Labute approximate surface area is 184 Å². The molecule has 1 heterocycles. The fourth-order valence-electron chi connectivity index (χ4n) is 2.34. The summed E-state index contributed by atoms with van der Waals surface area (Å²) in [6.45, 7) is 2.21. The Hall–Kier alpha value is -2.30. The number of rotatable bonds is 7. The van der Waals surface area contributed by atoms with Crippen LogP contribution in [0.4, 0.5) is 24.0 Å². The Morgan fingerprint density at radius 3 is 2.63 bits per heavy atom. The first kappa shape index (κ1) is 22.4. The number of alkyl halides is 3. The molecule has 0 fully saturated rings. The summed E-state index contributed by atoms with van der Waals surface area (Å²) in [6, 6.07) is 12.6. The van der Waals surface area contributed by atoms with Crippen LogP contribution in [0.3, 0.4) is 0 Å². The summed E-state index contributed by atoms with van der Waals surface area (Å²) >= 11 is 8.37. The van der Waals surface area contributed by atoms with Gasteiger partial charge in [0.25, 0.3) is 0 Å². The van der Waals surface area contributed by atoms with Crippen LogP contribution in [0, 0.1) is 0 Å². The number of nitrogens with zero attached hydrogens (tertiary/aromatic N) is 2. The van der Waals surface area contributed by atoms with Gasteiger partial charge < -0.3 is 10.6 Å². The molecule has 3 rings (SSSR count). The van der Waals surface area contributed by atoms with Crippen molar-refractivity contribution in [1.29, 1.82) is 0 Å². The van der Waals surface area contributed by atoms with Gasteiger partial charge in [0.15, 0.2) is 4.34 Å². The first-order valence-electron chi connectivity index (χ1n) is 8.68. The minimum Gasteiger partial charge on any atom is -0.356 e. The van der Waals surface area contributed by atoms with Crippen LogP contribution < -0.4 is 10.6 Å². The zero-order valence-electron chi connectivity index (χ0n) is 15.5. The molecule has 1 unspecified atom stereocenters. The number of benzene rings is 2. The fraction of sp³-hybridized carbons (Fsp3) is 0.211. The van der Waals surface area contributed by atoms with Crippen molar-refractivity contribution >= 4 is 51.4 Å². The zero-order chi connectivity index (χ0) is 21.7. The highest BCUT2D eigenvalue weighted by Crippen LogP contribution is 2.35. The smallest absolute Gasteiger partial charge is 0.356 e. The monoisotopic (exact) mass is 472 g/mol. The predicted molar refractivity (Wildman–Crippen MR) is 114 cm³/mol. The molecule has 3 aromatic rings. The van der Waals surface area contributed by atoms with E-state index in [9.17, 15) is 18.0 Å². The van der Waals surface area contributed by atoms with E-state index in [1.807, 2.05) is 30.3 Å². The molecule has 1 atom stereocenters. The largest absolute Gasteiger partial charge is 0.416 e. The lowest BCUT2D eigenvalue weighted by molar-refractivity contribution is -0.137. The SMILES string of the molecule is CC(Sc1nnc(NCc2ccccc2)s1)C(=O)Nc1cc(C(F)(F)F)ccc1Cl. The van der Waals surface area contributed by atoms with Crippen LogP contribution in [0.15, 0.2) is 52.9 Å². The molecule has 30 heavy (non-hydrogen) atoms. The molecule has 2 N–H and O–H groups in total. The molecule has 0 aliphatic heterocycles. The number of carbonyl (C=O) groups is 1. The third-order valence-electron chi connectivity index (χ3n) is 3.89. The molecule has 0 aliphatic rings. The normalized spacial score (nSPS) is 12.4. The van der Waals surface area contributed by atoms with Crippen LogP contribution in [-0.2, 0) is 17.5 Å². The molecule has 2 aromatic carbocycles. The molecule has 0 saturated heterocycles. The van der Waals surface area contributed by atoms with Crippen molar-refractivity contribution in [3.8, 4) is 0 Å². The molecule has 11 heteroatoms. The van der Waals surface area contributed by atoms with Gasteiger partial charge in [-0.3, -0.25) is 4.79 Å². The summed E-state index contributed by atoms with van der Waals surface area (Å²) in [5.41, 5.74) is 0.111. The van der Waals surface area contributed by atoms with Crippen LogP contribution in [-0.4, -0.2) is 21.4 Å². The zero-order valence-corrected chi connectivity index (χ0v) is 17.9. The van der Waals surface area contributed by atoms with Crippen LogP contribution in [0.2, 0.25) is 5.02 Å². The molecule has 5 nitrogen and oxygen atoms in total. The van der Waals surface area contributed by atoms with Crippen LogP contribution >= 0.6 is 34.7 Å². The number of amides is 1. The summed E-state index contributed by atoms with van der Waals surface area (Å²) < 4.78 is 39.2. The average Bonchev–Trinajstić information content (AvgIpc) is 3.15. The molecule has 0 saturated carbocycles. The van der Waals surface area contributed by atoms with Gasteiger partial charge in [0, 0.05) is 6.54 Å². The maximum Gasteiger partial charge on any atom is 0.416 e. The van der Waals surface area contributed by atoms with E-state index in [2.05, 4.69) is 20.8 Å². The standard InChI is InChI=1S/C19H16ClF3N4OS2/c1-11(16(28)25-15-9-13(19(21,22)23)7-8-14(15)20)29-18-27-26-17(30-18)24-10-12-5-3-2-4-6-12/h2-9,11H,10H2,1H3,(H,24,26)(H,25,28). The second kappa shape index (κ2) is 9.67. The summed E-state index contributed by atoms with van der Waals surface area (Å²) in [5.74, 6) is -0.491. The Bertz CT molecular complexity index is 1010. The van der Waals surface area contributed by atoms with E-state index in [1.165, 1.54) is 11.3 Å². The van der Waals surface area contributed by atoms with Gasteiger partial charge in [0.2, 0.25) is 11.0 Å². The van der Waals surface area contributed by atoms with Gasteiger partial charge in [-0.05, 0) is 30.7 Å². The van der Waals surface area contributed by atoms with E-state index < -0.39 is 22.9 Å². The van der Waals surface area contributed by atoms with E-state index in [4.69, 9.17) is 11.6 Å². The molecular formula is C19H16ClF3N4OS2. The molecular weight excluding hydrogens is 457 g/mol. The highest BCUT2D eigenvalue weighted by molar-refractivity contribution is 8.02. The molecule has 158 valence electrons. The summed E-state index contributed by atoms with van der Waals surface area (Å²) in [5, 5.41) is 13.7. The number of hydrogen-bond acceptors (Lipinski definition) is 6. The summed E-state index contributed by atoms with van der Waals surface area (Å²) in [6.07, 6.45) is -4.53. The number of carbonyl (C=O) groups excluding carboxylic acids is 1. The minimum absolute atomic E-state index is 0.0249. The third kappa shape index (κ3) is 6.10. The third-order valence-corrected chi connectivity index (χ3v) is 6.29. The molecule has 0 radical (unpaired) electrons. The number of hydrogen-bond donors (Lipinski definition) is 2. The lowest BCUT2D eigenvalue weighted by atomic mass is 10.2. The highest BCUT2D eigenvalue weighted by Gasteiger charge is 2.31. The average molecular weight is 473 g/mol. The second-order valence-corrected chi connectivity index (χ2v) is 9.13. The van der Waals surface area contributed by atoms with Gasteiger partial charge in [-0.15, -0.1) is 10.2 Å². The molecule has 0 aliphatic carbocycles. The Morgan fingerprint density at radius 1 is 1.20 bits per heavy atom. The van der Waals surface area contributed by atoms with Crippen molar-refractivity contribution in [2.75, 3.05) is 10.6 Å². The quantitative estimate of drug-likeness (QED) is 0.416. The van der Waals surface area contributed by atoms with Crippen molar-refractivity contribution in [3.05, 3.63) is 64.7 Å². The molecule has 1 aromatic heterocycles. The van der Waals surface area contributed by atoms with E-state index in [-0.39, 0.29) is 10.7 Å². The van der Waals surface area contributed by atoms with Gasteiger partial charge in [-0.1, -0.05) is 65.0 Å². The summed E-state index contributed by atoms with van der Waals surface area (Å²) in [4.78, 5) is 12.4. The van der Waals surface area contributed by atoms with E-state index in [0.717, 1.165) is 35.5 Å². The lowest BCUT2D eigenvalue weighted by Gasteiger charge is -2.14. The highest BCUT2D eigenvalue weighted by atomic mass is 35.5. The van der Waals surface area contributed by atoms with Crippen molar-refractivity contribution in [1.82, 2.24) is 10.2 Å². The Kier molecular flexibility index (Phi) is 7.22. The first-order valence-corrected chi connectivity index (χ1v) is 10.8. The number of thioether (sulfide) groups is 1. The van der Waals surface area contributed by atoms with Gasteiger partial charge in [0.1, 0.15) is 0 Å². The van der Waals surface area contributed by atoms with Gasteiger partial charge in [-0.2, -0.15) is 13.2 Å². The van der Waals surface area contributed by atoms with E-state index in [1.54, 1.807) is 6.92 Å². The molecule has 0 spiro atoms. The second-order valence-electron chi connectivity index (χ2n) is 6.15. The lowest BCUT2D eigenvalue weighted by Crippen LogP contribution is -2.22. The number of anilines is 2. The Balaban J connectivity index is 1.58. The van der Waals surface area contributed by atoms with E-state index in [0.29, 0.717) is 16.0 Å². The molecule has 1 amide bonds. The van der Waals surface area contributed by atoms with E-state index >= 15 is 0 Å². The topological polar surface area (TPSA) is 66.9 Å². The number of nitrogens with one attached hydrogen (secondary N) is 2. The summed E-state index contributed by atoms with van der Waals surface area (Å²) in [7, 11) is 0. The van der Waals surface area contributed by atoms with Gasteiger partial charge >= 0.3 is 6.18 Å². The maximum atomic E-state index is 12.9. The van der Waals surface area contributed by atoms with Gasteiger partial charge in [0.05, 0.1) is 21.5 Å². The predicted octanol–water partition coefficient (Wildman–Crippen LogP) is 5.94. The van der Waals surface area contributed by atoms with Crippen molar-refractivity contribution < 1.29 is 18.0 Å². The molecule has 0 bridgehead atoms. The maximum absolute atomic E-state index is 12.9. The van der Waals surface area contributed by atoms with Crippen molar-refractivity contribution in [2.45, 2.75) is 29.2 Å².